The lowest BCUT2D eigenvalue weighted by Gasteiger charge is -2.26. The van der Waals surface area contributed by atoms with Crippen molar-refractivity contribution in [2.45, 2.75) is 58.9 Å². The van der Waals surface area contributed by atoms with E-state index in [0.717, 1.165) is 31.2 Å². The van der Waals surface area contributed by atoms with Crippen LogP contribution >= 0.6 is 0 Å². The van der Waals surface area contributed by atoms with Gasteiger partial charge in [-0.2, -0.15) is 5.10 Å². The zero-order valence-corrected chi connectivity index (χ0v) is 20.1. The van der Waals surface area contributed by atoms with E-state index in [1.807, 2.05) is 44.2 Å². The molecule has 3 aromatic rings. The normalized spacial score (nSPS) is 11.0. The fraction of sp³-hybridized carbons (Fsp3) is 0.370. The Morgan fingerprint density at radius 1 is 1.03 bits per heavy atom. The third kappa shape index (κ3) is 6.76. The van der Waals surface area contributed by atoms with Gasteiger partial charge >= 0.3 is 0 Å². The fourth-order valence-corrected chi connectivity index (χ4v) is 3.74. The summed E-state index contributed by atoms with van der Waals surface area (Å²) in [6, 6.07) is 17.2. The molecule has 0 radical (unpaired) electrons. The van der Waals surface area contributed by atoms with Gasteiger partial charge in [0.15, 0.2) is 0 Å². The summed E-state index contributed by atoms with van der Waals surface area (Å²) in [7, 11) is 0. The van der Waals surface area contributed by atoms with Crippen molar-refractivity contribution in [1.29, 1.82) is 0 Å². The fourth-order valence-electron chi connectivity index (χ4n) is 3.74. The van der Waals surface area contributed by atoms with Crippen molar-refractivity contribution in [2.75, 3.05) is 11.9 Å². The topological polar surface area (TPSA) is 67.2 Å². The maximum absolute atomic E-state index is 13.5. The first-order valence-corrected chi connectivity index (χ1v) is 11.9. The van der Waals surface area contributed by atoms with Crippen molar-refractivity contribution in [3.8, 4) is 16.9 Å². The van der Waals surface area contributed by atoms with Crippen molar-refractivity contribution in [3.63, 3.8) is 0 Å². The van der Waals surface area contributed by atoms with Gasteiger partial charge in [0.25, 0.3) is 0 Å². The summed E-state index contributed by atoms with van der Waals surface area (Å²) in [5.41, 5.74) is 2.18. The highest BCUT2D eigenvalue weighted by atomic mass is 19.1. The first-order chi connectivity index (χ1) is 16.4. The number of hydrogen-bond donors (Lipinski definition) is 1. The zero-order chi connectivity index (χ0) is 24.5. The molecule has 34 heavy (non-hydrogen) atoms. The SMILES string of the molecule is CCCCCCC(=O)N(CC(=O)Nc1cc(-c2ccccc2)nn1-c1ccc(F)cc1)C(C)C. The Morgan fingerprint density at radius 2 is 1.74 bits per heavy atom. The van der Waals surface area contributed by atoms with Crippen LogP contribution < -0.4 is 5.32 Å². The second-order valence-electron chi connectivity index (χ2n) is 8.64. The monoisotopic (exact) mass is 464 g/mol. The second-order valence-corrected chi connectivity index (χ2v) is 8.64. The molecule has 0 bridgehead atoms. The van der Waals surface area contributed by atoms with E-state index in [1.54, 1.807) is 27.8 Å². The number of carbonyl (C=O) groups is 2. The highest BCUT2D eigenvalue weighted by Crippen LogP contribution is 2.25. The molecule has 0 aliphatic carbocycles. The van der Waals surface area contributed by atoms with Crippen LogP contribution in [0.1, 0.15) is 52.9 Å². The minimum Gasteiger partial charge on any atom is -0.331 e. The smallest absolute Gasteiger partial charge is 0.245 e. The van der Waals surface area contributed by atoms with Crippen LogP contribution in [0.5, 0.6) is 0 Å². The summed E-state index contributed by atoms with van der Waals surface area (Å²) in [4.78, 5) is 27.3. The number of carbonyl (C=O) groups excluding carboxylic acids is 2. The lowest BCUT2D eigenvalue weighted by Crippen LogP contribution is -2.42. The van der Waals surface area contributed by atoms with E-state index in [1.165, 1.54) is 12.1 Å². The number of amides is 2. The zero-order valence-electron chi connectivity index (χ0n) is 20.1. The van der Waals surface area contributed by atoms with Gasteiger partial charge in [-0.1, -0.05) is 56.5 Å². The van der Waals surface area contributed by atoms with Gasteiger partial charge in [-0.15, -0.1) is 0 Å². The van der Waals surface area contributed by atoms with E-state index in [4.69, 9.17) is 0 Å². The average molecular weight is 465 g/mol. The van der Waals surface area contributed by atoms with Gasteiger partial charge in [-0.25, -0.2) is 9.07 Å². The third-order valence-corrected chi connectivity index (χ3v) is 5.62. The van der Waals surface area contributed by atoms with Crippen LogP contribution in [0.2, 0.25) is 0 Å². The van der Waals surface area contributed by atoms with Gasteiger partial charge in [-0.05, 0) is 44.5 Å². The molecule has 3 rings (SSSR count). The van der Waals surface area contributed by atoms with Crippen molar-refractivity contribution in [3.05, 3.63) is 66.5 Å². The van der Waals surface area contributed by atoms with Crippen molar-refractivity contribution < 1.29 is 14.0 Å². The second kappa shape index (κ2) is 12.1. The Labute approximate surface area is 200 Å². The summed E-state index contributed by atoms with van der Waals surface area (Å²) in [5.74, 6) is -0.221. The van der Waals surface area contributed by atoms with Crippen molar-refractivity contribution in [2.24, 2.45) is 0 Å². The maximum atomic E-state index is 13.5. The largest absolute Gasteiger partial charge is 0.331 e. The van der Waals surface area contributed by atoms with Gasteiger partial charge in [0.2, 0.25) is 11.8 Å². The van der Waals surface area contributed by atoms with Gasteiger partial charge in [0.05, 0.1) is 11.4 Å². The lowest BCUT2D eigenvalue weighted by molar-refractivity contribution is -0.136. The number of hydrogen-bond acceptors (Lipinski definition) is 3. The van der Waals surface area contributed by atoms with Crippen LogP contribution in [0.15, 0.2) is 60.7 Å². The molecule has 0 fully saturated rings. The Bertz CT molecular complexity index is 1080. The predicted octanol–water partition coefficient (Wildman–Crippen LogP) is 5.82. The van der Waals surface area contributed by atoms with E-state index < -0.39 is 0 Å². The van der Waals surface area contributed by atoms with Gasteiger partial charge < -0.3 is 10.2 Å². The highest BCUT2D eigenvalue weighted by Gasteiger charge is 2.21. The van der Waals surface area contributed by atoms with Crippen molar-refractivity contribution in [1.82, 2.24) is 14.7 Å². The Balaban J connectivity index is 1.79. The summed E-state index contributed by atoms with van der Waals surface area (Å²) in [6.07, 6.45) is 4.50. The maximum Gasteiger partial charge on any atom is 0.245 e. The molecule has 2 amide bonds. The number of unbranched alkanes of at least 4 members (excludes halogenated alkanes) is 3. The van der Waals surface area contributed by atoms with Crippen LogP contribution in [-0.2, 0) is 9.59 Å². The molecular formula is C27H33FN4O2. The summed E-state index contributed by atoms with van der Waals surface area (Å²) >= 11 is 0. The molecule has 0 unspecified atom stereocenters. The molecule has 2 aromatic carbocycles. The number of halogens is 1. The van der Waals surface area contributed by atoms with E-state index in [2.05, 4.69) is 17.3 Å². The molecule has 0 saturated heterocycles. The molecule has 0 atom stereocenters. The first kappa shape index (κ1) is 25.1. The number of nitrogens with one attached hydrogen (secondary N) is 1. The molecule has 6 nitrogen and oxygen atoms in total. The van der Waals surface area contributed by atoms with Gasteiger partial charge in [0, 0.05) is 24.1 Å². The molecule has 1 heterocycles. The Hall–Kier alpha value is -3.48. The molecule has 0 aliphatic rings. The number of rotatable bonds is 11. The van der Waals surface area contributed by atoms with E-state index in [0.29, 0.717) is 23.6 Å². The predicted molar refractivity (Wildman–Crippen MR) is 133 cm³/mol. The average Bonchev–Trinajstić information content (AvgIpc) is 3.24. The van der Waals surface area contributed by atoms with E-state index in [9.17, 15) is 14.0 Å². The lowest BCUT2D eigenvalue weighted by atomic mass is 10.1. The molecule has 0 aliphatic heterocycles. The summed E-state index contributed by atoms with van der Waals surface area (Å²) in [6.45, 7) is 5.91. The number of anilines is 1. The summed E-state index contributed by atoms with van der Waals surface area (Å²) in [5, 5.41) is 7.54. The third-order valence-electron chi connectivity index (χ3n) is 5.62. The molecule has 0 spiro atoms. The molecule has 1 N–H and O–H groups in total. The first-order valence-electron chi connectivity index (χ1n) is 11.9. The van der Waals surface area contributed by atoms with Crippen molar-refractivity contribution >= 4 is 17.6 Å². The van der Waals surface area contributed by atoms with E-state index in [-0.39, 0.29) is 30.2 Å². The van der Waals surface area contributed by atoms with E-state index >= 15 is 0 Å². The number of benzene rings is 2. The highest BCUT2D eigenvalue weighted by molar-refractivity contribution is 5.94. The van der Waals surface area contributed by atoms with Gasteiger partial charge in [-0.3, -0.25) is 9.59 Å². The minimum absolute atomic E-state index is 0.0155. The minimum atomic E-state index is -0.352. The molecule has 0 saturated carbocycles. The van der Waals surface area contributed by atoms with Crippen LogP contribution in [0.4, 0.5) is 10.2 Å². The molecule has 7 heteroatoms. The number of nitrogens with zero attached hydrogens (tertiary/aromatic N) is 3. The standard InChI is InChI=1S/C27H33FN4O2/c1-4-5-6-10-13-27(34)31(20(2)3)19-26(33)29-25-18-24(21-11-8-7-9-12-21)30-32(25)23-16-14-22(28)15-17-23/h7-9,11-12,14-18,20H,4-6,10,13,19H2,1-3H3,(H,29,33). The Morgan fingerprint density at radius 3 is 2.38 bits per heavy atom. The molecule has 1 aromatic heterocycles. The molecule has 180 valence electrons. The molecular weight excluding hydrogens is 431 g/mol. The Kier molecular flexibility index (Phi) is 8.96. The quantitative estimate of drug-likeness (QED) is 0.363. The van der Waals surface area contributed by atoms with Gasteiger partial charge in [0.1, 0.15) is 18.2 Å². The van der Waals surface area contributed by atoms with Crippen LogP contribution in [-0.4, -0.2) is 39.1 Å². The van der Waals surface area contributed by atoms with Crippen LogP contribution in [0.3, 0.4) is 0 Å². The van der Waals surface area contributed by atoms with Crippen LogP contribution in [0, 0.1) is 5.82 Å². The van der Waals surface area contributed by atoms with Crippen LogP contribution in [0.25, 0.3) is 16.9 Å². The summed E-state index contributed by atoms with van der Waals surface area (Å²) < 4.78 is 15.0. The number of aromatic nitrogens is 2.